The fourth-order valence-corrected chi connectivity index (χ4v) is 5.21. The Hall–Kier alpha value is -3.81. The largest absolute Gasteiger partial charge is 0.497 e. The fraction of sp³-hybridized carbons (Fsp3) is 0.370. The molecular formula is C27H31N5O3. The number of aromatic nitrogens is 2. The van der Waals surface area contributed by atoms with Crippen LogP contribution in [0.3, 0.4) is 0 Å². The van der Waals surface area contributed by atoms with Gasteiger partial charge in [-0.1, -0.05) is 18.2 Å². The van der Waals surface area contributed by atoms with Gasteiger partial charge in [-0.2, -0.15) is 5.10 Å². The molecule has 1 atom stereocenters. The molecule has 8 heteroatoms. The number of hydrogen-bond acceptors (Lipinski definition) is 5. The average molecular weight is 474 g/mol. The molecular weight excluding hydrogens is 442 g/mol. The standard InChI is InChI=1S/C27H31N5O3/c1-19-26(20(2)32(28-19)23-7-5-4-6-8-23)29-13-15-30(16-14-29)27(34)21-17-25(33)31(18-21)22-9-11-24(35-3)12-10-22/h4-12,21H,13-18H2,1-3H3. The Morgan fingerprint density at radius 3 is 2.29 bits per heavy atom. The molecule has 182 valence electrons. The number of benzene rings is 2. The minimum Gasteiger partial charge on any atom is -0.497 e. The van der Waals surface area contributed by atoms with Crippen molar-refractivity contribution in [1.29, 1.82) is 0 Å². The molecule has 0 bridgehead atoms. The molecule has 3 aromatic rings. The first kappa shape index (κ1) is 23.0. The fourth-order valence-electron chi connectivity index (χ4n) is 5.21. The quantitative estimate of drug-likeness (QED) is 0.569. The van der Waals surface area contributed by atoms with E-state index in [2.05, 4.69) is 24.0 Å². The van der Waals surface area contributed by atoms with Crippen molar-refractivity contribution < 1.29 is 14.3 Å². The molecule has 2 fully saturated rings. The highest BCUT2D eigenvalue weighted by atomic mass is 16.5. The number of nitrogens with zero attached hydrogens (tertiary/aromatic N) is 5. The number of anilines is 2. The van der Waals surface area contributed by atoms with Crippen LogP contribution in [0.2, 0.25) is 0 Å². The van der Waals surface area contributed by atoms with Gasteiger partial charge in [0.1, 0.15) is 5.75 Å². The maximum Gasteiger partial charge on any atom is 0.228 e. The first-order valence-electron chi connectivity index (χ1n) is 12.1. The summed E-state index contributed by atoms with van der Waals surface area (Å²) in [5.74, 6) is 0.500. The smallest absolute Gasteiger partial charge is 0.228 e. The average Bonchev–Trinajstić information content (AvgIpc) is 3.43. The molecule has 35 heavy (non-hydrogen) atoms. The first-order chi connectivity index (χ1) is 17.0. The van der Waals surface area contributed by atoms with Crippen LogP contribution in [0.4, 0.5) is 11.4 Å². The number of methoxy groups -OCH3 is 1. The molecule has 2 saturated heterocycles. The van der Waals surface area contributed by atoms with E-state index in [-0.39, 0.29) is 24.2 Å². The topological polar surface area (TPSA) is 70.9 Å². The maximum atomic E-state index is 13.3. The number of aryl methyl sites for hydroxylation is 1. The van der Waals surface area contributed by atoms with Crippen molar-refractivity contribution in [3.8, 4) is 11.4 Å². The van der Waals surface area contributed by atoms with Gasteiger partial charge in [-0.25, -0.2) is 4.68 Å². The predicted molar refractivity (Wildman–Crippen MR) is 135 cm³/mol. The second-order valence-electron chi connectivity index (χ2n) is 9.18. The number of amides is 2. The van der Waals surface area contributed by atoms with E-state index in [1.165, 1.54) is 0 Å². The van der Waals surface area contributed by atoms with Crippen molar-refractivity contribution in [1.82, 2.24) is 14.7 Å². The summed E-state index contributed by atoms with van der Waals surface area (Å²) in [7, 11) is 1.61. The third-order valence-electron chi connectivity index (χ3n) is 7.02. The van der Waals surface area contributed by atoms with E-state index >= 15 is 0 Å². The number of carbonyl (C=O) groups is 2. The van der Waals surface area contributed by atoms with Crippen LogP contribution in [-0.2, 0) is 9.59 Å². The van der Waals surface area contributed by atoms with Crippen molar-refractivity contribution in [2.24, 2.45) is 5.92 Å². The molecule has 2 amide bonds. The number of para-hydroxylation sites is 1. The summed E-state index contributed by atoms with van der Waals surface area (Å²) in [6.07, 6.45) is 0.257. The molecule has 5 rings (SSSR count). The Morgan fingerprint density at radius 2 is 1.63 bits per heavy atom. The molecule has 0 radical (unpaired) electrons. The summed E-state index contributed by atoms with van der Waals surface area (Å²) in [5.41, 5.74) is 5.08. The van der Waals surface area contributed by atoms with Crippen LogP contribution in [0.5, 0.6) is 5.75 Å². The van der Waals surface area contributed by atoms with Gasteiger partial charge in [0.05, 0.1) is 35.8 Å². The van der Waals surface area contributed by atoms with Gasteiger partial charge in [0.2, 0.25) is 11.8 Å². The van der Waals surface area contributed by atoms with Gasteiger partial charge in [0.15, 0.2) is 0 Å². The van der Waals surface area contributed by atoms with E-state index < -0.39 is 0 Å². The highest BCUT2D eigenvalue weighted by molar-refractivity contribution is 6.00. The van der Waals surface area contributed by atoms with Crippen LogP contribution in [0, 0.1) is 19.8 Å². The minimum absolute atomic E-state index is 0.00766. The number of hydrogen-bond donors (Lipinski definition) is 0. The molecule has 0 spiro atoms. The highest BCUT2D eigenvalue weighted by Crippen LogP contribution is 2.30. The lowest BCUT2D eigenvalue weighted by Crippen LogP contribution is -2.51. The molecule has 0 N–H and O–H groups in total. The van der Waals surface area contributed by atoms with E-state index in [1.54, 1.807) is 12.0 Å². The van der Waals surface area contributed by atoms with E-state index in [0.717, 1.165) is 47.3 Å². The normalized spacial score (nSPS) is 18.3. The number of carbonyl (C=O) groups excluding carboxylic acids is 2. The molecule has 8 nitrogen and oxygen atoms in total. The van der Waals surface area contributed by atoms with Crippen molar-refractivity contribution in [3.05, 3.63) is 66.0 Å². The van der Waals surface area contributed by atoms with E-state index in [9.17, 15) is 9.59 Å². The summed E-state index contributed by atoms with van der Waals surface area (Å²) in [4.78, 5) is 31.9. The van der Waals surface area contributed by atoms with Gasteiger partial charge in [-0.05, 0) is 50.2 Å². The van der Waals surface area contributed by atoms with Crippen molar-refractivity contribution in [2.75, 3.05) is 49.6 Å². The van der Waals surface area contributed by atoms with Gasteiger partial charge in [0.25, 0.3) is 0 Å². The first-order valence-corrected chi connectivity index (χ1v) is 12.1. The highest BCUT2D eigenvalue weighted by Gasteiger charge is 2.38. The lowest BCUT2D eigenvalue weighted by molar-refractivity contribution is -0.136. The van der Waals surface area contributed by atoms with Gasteiger partial charge < -0.3 is 19.4 Å². The summed E-state index contributed by atoms with van der Waals surface area (Å²) in [5, 5.41) is 4.77. The Kier molecular flexibility index (Phi) is 6.19. The summed E-state index contributed by atoms with van der Waals surface area (Å²) in [6.45, 7) is 7.33. The second-order valence-corrected chi connectivity index (χ2v) is 9.18. The van der Waals surface area contributed by atoms with Gasteiger partial charge in [-0.3, -0.25) is 9.59 Å². The lowest BCUT2D eigenvalue weighted by Gasteiger charge is -2.37. The number of ether oxygens (including phenoxy) is 1. The van der Waals surface area contributed by atoms with Crippen LogP contribution >= 0.6 is 0 Å². The Morgan fingerprint density at radius 1 is 0.943 bits per heavy atom. The molecule has 0 aliphatic carbocycles. The van der Waals surface area contributed by atoms with Crippen molar-refractivity contribution in [3.63, 3.8) is 0 Å². The molecule has 2 aromatic carbocycles. The Labute approximate surface area is 205 Å². The molecule has 0 saturated carbocycles. The minimum atomic E-state index is -0.305. The van der Waals surface area contributed by atoms with Crippen molar-refractivity contribution >= 4 is 23.2 Å². The van der Waals surface area contributed by atoms with Gasteiger partial charge in [-0.15, -0.1) is 0 Å². The molecule has 3 heterocycles. The monoisotopic (exact) mass is 473 g/mol. The Balaban J connectivity index is 1.23. The number of rotatable bonds is 5. The van der Waals surface area contributed by atoms with E-state index in [4.69, 9.17) is 9.84 Å². The third kappa shape index (κ3) is 4.36. The van der Waals surface area contributed by atoms with Crippen molar-refractivity contribution in [2.45, 2.75) is 20.3 Å². The van der Waals surface area contributed by atoms with Gasteiger partial charge >= 0.3 is 0 Å². The second kappa shape index (κ2) is 9.44. The molecule has 1 aromatic heterocycles. The molecule has 1 unspecified atom stereocenters. The van der Waals surface area contributed by atoms with Crippen LogP contribution in [-0.4, -0.2) is 66.3 Å². The number of piperazine rings is 1. The zero-order valence-corrected chi connectivity index (χ0v) is 20.5. The summed E-state index contributed by atoms with van der Waals surface area (Å²) in [6, 6.07) is 17.5. The third-order valence-corrected chi connectivity index (χ3v) is 7.02. The Bertz CT molecular complexity index is 1210. The van der Waals surface area contributed by atoms with E-state index in [0.29, 0.717) is 19.6 Å². The van der Waals surface area contributed by atoms with Crippen LogP contribution in [0.1, 0.15) is 17.8 Å². The predicted octanol–water partition coefficient (Wildman–Crippen LogP) is 3.20. The van der Waals surface area contributed by atoms with Gasteiger partial charge in [0, 0.05) is 44.8 Å². The summed E-state index contributed by atoms with van der Waals surface area (Å²) >= 11 is 0. The van der Waals surface area contributed by atoms with Crippen LogP contribution in [0.15, 0.2) is 54.6 Å². The lowest BCUT2D eigenvalue weighted by atomic mass is 10.1. The SMILES string of the molecule is COc1ccc(N2CC(C(=O)N3CCN(c4c(C)nn(-c5ccccc5)c4C)CC3)CC2=O)cc1. The zero-order chi connectivity index (χ0) is 24.5. The molecule has 2 aliphatic rings. The van der Waals surface area contributed by atoms with Crippen LogP contribution < -0.4 is 14.5 Å². The molecule has 2 aliphatic heterocycles. The van der Waals surface area contributed by atoms with Crippen LogP contribution in [0.25, 0.3) is 5.69 Å². The maximum absolute atomic E-state index is 13.3. The zero-order valence-electron chi connectivity index (χ0n) is 20.5. The van der Waals surface area contributed by atoms with E-state index in [1.807, 2.05) is 59.0 Å². The summed E-state index contributed by atoms with van der Waals surface area (Å²) < 4.78 is 7.19.